The molecule has 0 aliphatic heterocycles. The van der Waals surface area contributed by atoms with Gasteiger partial charge in [-0.1, -0.05) is 24.6 Å². The maximum absolute atomic E-state index is 12.5. The molecule has 130 valence electrons. The van der Waals surface area contributed by atoms with Gasteiger partial charge >= 0.3 is 0 Å². The maximum atomic E-state index is 12.5. The minimum absolute atomic E-state index is 0.220. The number of carbonyl (C=O) groups is 1. The number of rotatable bonds is 8. The maximum Gasteiger partial charge on any atom is 0.244 e. The second-order valence-corrected chi connectivity index (χ2v) is 7.62. The van der Waals surface area contributed by atoms with Gasteiger partial charge in [-0.25, -0.2) is 8.42 Å². The summed E-state index contributed by atoms with van der Waals surface area (Å²) in [5, 5.41) is 3.17. The highest BCUT2D eigenvalue weighted by Gasteiger charge is 2.32. The highest BCUT2D eigenvalue weighted by molar-refractivity contribution is 7.92. The van der Waals surface area contributed by atoms with E-state index >= 15 is 0 Å². The van der Waals surface area contributed by atoms with Crippen LogP contribution in [0.4, 0.5) is 5.69 Å². The molecule has 23 heavy (non-hydrogen) atoms. The lowest BCUT2D eigenvalue weighted by Crippen LogP contribution is -2.51. The molecule has 8 heteroatoms. The Hall–Kier alpha value is -1.31. The van der Waals surface area contributed by atoms with E-state index in [1.165, 1.54) is 13.2 Å². The van der Waals surface area contributed by atoms with Gasteiger partial charge in [-0.3, -0.25) is 9.10 Å². The molecule has 1 aromatic rings. The number of benzene rings is 1. The molecule has 1 amide bonds. The number of hydrogen-bond donors (Lipinski definition) is 1. The quantitative estimate of drug-likeness (QED) is 0.767. The fraction of sp³-hybridized carbons (Fsp3) is 0.533. The lowest BCUT2D eigenvalue weighted by atomic mass is 10.1. The standard InChI is InChI=1S/C15H23ClN2O4S/c1-5-14(15(19)17-11(2)10-22-3)18(23(4,20)21)13-8-6-7-12(16)9-13/h6-9,11,14H,5,10H2,1-4H3,(H,17,19)/t11-,14+/m0/s1. The lowest BCUT2D eigenvalue weighted by Gasteiger charge is -2.31. The third kappa shape index (κ3) is 5.67. The number of ether oxygens (including phenoxy) is 1. The molecule has 1 rings (SSSR count). The van der Waals surface area contributed by atoms with Crippen LogP contribution in [0, 0.1) is 0 Å². The van der Waals surface area contributed by atoms with E-state index in [0.29, 0.717) is 23.7 Å². The zero-order valence-electron chi connectivity index (χ0n) is 13.7. The zero-order valence-corrected chi connectivity index (χ0v) is 15.3. The molecule has 6 nitrogen and oxygen atoms in total. The van der Waals surface area contributed by atoms with Crippen LogP contribution in [0.5, 0.6) is 0 Å². The lowest BCUT2D eigenvalue weighted by molar-refractivity contribution is -0.123. The minimum Gasteiger partial charge on any atom is -0.383 e. The summed E-state index contributed by atoms with van der Waals surface area (Å²) in [4.78, 5) is 12.5. The number of anilines is 1. The van der Waals surface area contributed by atoms with Gasteiger partial charge in [0.25, 0.3) is 0 Å². The normalized spacial score (nSPS) is 14.1. The Morgan fingerprint density at radius 3 is 2.57 bits per heavy atom. The highest BCUT2D eigenvalue weighted by atomic mass is 35.5. The molecule has 0 aromatic heterocycles. The molecule has 0 saturated heterocycles. The highest BCUT2D eigenvalue weighted by Crippen LogP contribution is 2.25. The van der Waals surface area contributed by atoms with Crippen LogP contribution in [0.15, 0.2) is 24.3 Å². The van der Waals surface area contributed by atoms with Gasteiger partial charge in [-0.15, -0.1) is 0 Å². The number of methoxy groups -OCH3 is 1. The Bertz CT molecular complexity index is 636. The molecule has 1 N–H and O–H groups in total. The molecule has 0 bridgehead atoms. The predicted octanol–water partition coefficient (Wildman–Crippen LogP) is 2.04. The molecule has 0 aliphatic rings. The van der Waals surface area contributed by atoms with E-state index in [2.05, 4.69) is 5.32 Å². The summed E-state index contributed by atoms with van der Waals surface area (Å²) in [6.07, 6.45) is 1.40. The summed E-state index contributed by atoms with van der Waals surface area (Å²) in [6.45, 7) is 3.89. The van der Waals surface area contributed by atoms with Crippen molar-refractivity contribution in [2.24, 2.45) is 0 Å². The van der Waals surface area contributed by atoms with Crippen LogP contribution >= 0.6 is 11.6 Å². The van der Waals surface area contributed by atoms with Crippen molar-refractivity contribution in [1.29, 1.82) is 0 Å². The molecule has 0 spiro atoms. The molecule has 0 heterocycles. The van der Waals surface area contributed by atoms with E-state index < -0.39 is 16.1 Å². The zero-order chi connectivity index (χ0) is 17.6. The van der Waals surface area contributed by atoms with Gasteiger partial charge in [0.2, 0.25) is 15.9 Å². The van der Waals surface area contributed by atoms with Crippen LogP contribution < -0.4 is 9.62 Å². The van der Waals surface area contributed by atoms with E-state index in [0.717, 1.165) is 10.6 Å². The molecular formula is C15H23ClN2O4S. The number of nitrogens with zero attached hydrogens (tertiary/aromatic N) is 1. The van der Waals surface area contributed by atoms with Crippen molar-refractivity contribution in [3.05, 3.63) is 29.3 Å². The molecule has 0 radical (unpaired) electrons. The van der Waals surface area contributed by atoms with Crippen molar-refractivity contribution < 1.29 is 17.9 Å². The monoisotopic (exact) mass is 362 g/mol. The van der Waals surface area contributed by atoms with Crippen molar-refractivity contribution in [1.82, 2.24) is 5.32 Å². The van der Waals surface area contributed by atoms with Crippen molar-refractivity contribution in [2.45, 2.75) is 32.4 Å². The number of carbonyl (C=O) groups excluding carboxylic acids is 1. The average molecular weight is 363 g/mol. The van der Waals surface area contributed by atoms with Gasteiger partial charge in [0.1, 0.15) is 6.04 Å². The number of sulfonamides is 1. The average Bonchev–Trinajstić information content (AvgIpc) is 2.43. The largest absolute Gasteiger partial charge is 0.383 e. The van der Waals surface area contributed by atoms with Gasteiger partial charge in [-0.2, -0.15) is 0 Å². The summed E-state index contributed by atoms with van der Waals surface area (Å²) in [6, 6.07) is 5.35. The Morgan fingerprint density at radius 2 is 2.09 bits per heavy atom. The van der Waals surface area contributed by atoms with E-state index in [4.69, 9.17) is 16.3 Å². The van der Waals surface area contributed by atoms with Crippen LogP contribution in [0.1, 0.15) is 20.3 Å². The van der Waals surface area contributed by atoms with E-state index in [1.807, 2.05) is 0 Å². The molecule has 0 aliphatic carbocycles. The smallest absolute Gasteiger partial charge is 0.244 e. The van der Waals surface area contributed by atoms with E-state index in [-0.39, 0.29) is 11.9 Å². The van der Waals surface area contributed by atoms with Crippen molar-refractivity contribution in [2.75, 3.05) is 24.3 Å². The first-order valence-corrected chi connectivity index (χ1v) is 9.47. The molecular weight excluding hydrogens is 340 g/mol. The SMILES string of the molecule is CC[C@H](C(=O)N[C@@H](C)COC)N(c1cccc(Cl)c1)S(C)(=O)=O. The topological polar surface area (TPSA) is 75.7 Å². The fourth-order valence-corrected chi connectivity index (χ4v) is 3.69. The fourth-order valence-electron chi connectivity index (χ4n) is 2.30. The number of amides is 1. The van der Waals surface area contributed by atoms with Crippen LogP contribution in [-0.4, -0.2) is 46.4 Å². The summed E-state index contributed by atoms with van der Waals surface area (Å²) >= 11 is 5.95. The Kier molecular flexibility index (Phi) is 7.31. The Labute approximate surface area is 142 Å². The third-order valence-electron chi connectivity index (χ3n) is 3.20. The Morgan fingerprint density at radius 1 is 1.43 bits per heavy atom. The molecule has 0 fully saturated rings. The van der Waals surface area contributed by atoms with Crippen molar-refractivity contribution in [3.63, 3.8) is 0 Å². The van der Waals surface area contributed by atoms with Crippen molar-refractivity contribution in [3.8, 4) is 0 Å². The van der Waals surface area contributed by atoms with Crippen LogP contribution in [-0.2, 0) is 19.6 Å². The molecule has 1 aromatic carbocycles. The first-order chi connectivity index (χ1) is 10.7. The van der Waals surface area contributed by atoms with Gasteiger partial charge in [-0.05, 0) is 31.5 Å². The molecule has 0 saturated carbocycles. The van der Waals surface area contributed by atoms with E-state index in [9.17, 15) is 13.2 Å². The number of hydrogen-bond acceptors (Lipinski definition) is 4. The first-order valence-electron chi connectivity index (χ1n) is 7.25. The summed E-state index contributed by atoms with van der Waals surface area (Å²) in [5.41, 5.74) is 0.362. The summed E-state index contributed by atoms with van der Waals surface area (Å²) in [5.74, 6) is -0.373. The van der Waals surface area contributed by atoms with Crippen molar-refractivity contribution >= 4 is 33.2 Å². The third-order valence-corrected chi connectivity index (χ3v) is 4.61. The van der Waals surface area contributed by atoms with Gasteiger partial charge in [0.05, 0.1) is 18.6 Å². The summed E-state index contributed by atoms with van der Waals surface area (Å²) in [7, 11) is -2.12. The minimum atomic E-state index is -3.66. The number of nitrogens with one attached hydrogen (secondary N) is 1. The number of halogens is 1. The predicted molar refractivity (Wildman–Crippen MR) is 92.3 cm³/mol. The second-order valence-electron chi connectivity index (χ2n) is 5.33. The Balaban J connectivity index is 3.16. The molecule has 2 atom stereocenters. The van der Waals surface area contributed by atoms with Crippen LogP contribution in [0.3, 0.4) is 0 Å². The first kappa shape index (κ1) is 19.7. The second kappa shape index (κ2) is 8.52. The van der Waals surface area contributed by atoms with Crippen LogP contribution in [0.2, 0.25) is 5.02 Å². The van der Waals surface area contributed by atoms with Gasteiger partial charge < -0.3 is 10.1 Å². The van der Waals surface area contributed by atoms with Gasteiger partial charge in [0.15, 0.2) is 0 Å². The van der Waals surface area contributed by atoms with Gasteiger partial charge in [0, 0.05) is 18.2 Å². The van der Waals surface area contributed by atoms with E-state index in [1.54, 1.807) is 32.0 Å². The van der Waals surface area contributed by atoms with Crippen LogP contribution in [0.25, 0.3) is 0 Å². The summed E-state index contributed by atoms with van der Waals surface area (Å²) < 4.78 is 30.6. The molecule has 0 unspecified atom stereocenters.